The Hall–Kier alpha value is -2.70. The molecule has 0 radical (unpaired) electrons. The van der Waals surface area contributed by atoms with Crippen LogP contribution in [0.3, 0.4) is 0 Å². The maximum atomic E-state index is 13.6. The topological polar surface area (TPSA) is 64.7 Å². The van der Waals surface area contributed by atoms with Gasteiger partial charge in [0.25, 0.3) is 0 Å². The number of likely N-dealkylation sites (N-methyl/N-ethyl adjacent to an activating group) is 1. The van der Waals surface area contributed by atoms with Crippen molar-refractivity contribution in [3.63, 3.8) is 0 Å². The van der Waals surface area contributed by atoms with E-state index in [0.717, 1.165) is 42.9 Å². The molecule has 2 fully saturated rings. The highest BCUT2D eigenvalue weighted by Crippen LogP contribution is 2.46. The zero-order chi connectivity index (χ0) is 20.7. The third-order valence-corrected chi connectivity index (χ3v) is 7.04. The van der Waals surface area contributed by atoms with Crippen LogP contribution in [0.15, 0.2) is 54.6 Å². The van der Waals surface area contributed by atoms with Crippen LogP contribution < -0.4 is 15.8 Å². The molecule has 5 rings (SSSR count). The molecule has 2 N–H and O–H groups in total. The fourth-order valence-electron chi connectivity index (χ4n) is 5.41. The lowest BCUT2D eigenvalue weighted by Crippen LogP contribution is -2.50. The van der Waals surface area contributed by atoms with Gasteiger partial charge in [-0.1, -0.05) is 48.5 Å². The Labute approximate surface area is 177 Å². The van der Waals surface area contributed by atoms with Gasteiger partial charge in [-0.3, -0.25) is 20.4 Å². The van der Waals surface area contributed by atoms with E-state index in [1.165, 1.54) is 0 Å². The zero-order valence-corrected chi connectivity index (χ0v) is 17.3. The van der Waals surface area contributed by atoms with Crippen LogP contribution in [0.25, 0.3) is 0 Å². The van der Waals surface area contributed by atoms with Crippen molar-refractivity contribution in [1.82, 2.24) is 15.8 Å². The van der Waals surface area contributed by atoms with Crippen LogP contribution in [0, 0.1) is 5.92 Å². The number of hydrazine groups is 1. The Balaban J connectivity index is 1.48. The quantitative estimate of drug-likeness (QED) is 0.817. The van der Waals surface area contributed by atoms with Crippen molar-refractivity contribution in [3.8, 4) is 0 Å². The van der Waals surface area contributed by atoms with Gasteiger partial charge in [0.15, 0.2) is 0 Å². The second-order valence-corrected chi connectivity index (χ2v) is 8.82. The van der Waals surface area contributed by atoms with Crippen molar-refractivity contribution >= 4 is 17.5 Å². The van der Waals surface area contributed by atoms with E-state index in [0.29, 0.717) is 18.4 Å². The average molecular weight is 405 g/mol. The molecule has 0 bridgehead atoms. The van der Waals surface area contributed by atoms with Crippen molar-refractivity contribution < 1.29 is 9.59 Å². The first-order valence-corrected chi connectivity index (χ1v) is 10.8. The van der Waals surface area contributed by atoms with Crippen LogP contribution in [-0.2, 0) is 21.4 Å². The monoisotopic (exact) mass is 404 g/mol. The first kappa shape index (κ1) is 19.3. The molecule has 2 aromatic rings. The SMILES string of the molecule is CN1C(=O)C(CC(=O)N2CCC3NNCC3C2)(Cc2ccccc2)c2ccccc21. The molecular formula is C24H28N4O2. The summed E-state index contributed by atoms with van der Waals surface area (Å²) in [6, 6.07) is 18.4. The summed E-state index contributed by atoms with van der Waals surface area (Å²) in [5, 5.41) is 0. The normalized spacial score (nSPS) is 27.8. The van der Waals surface area contributed by atoms with E-state index in [1.807, 2.05) is 66.5 Å². The third-order valence-electron chi connectivity index (χ3n) is 7.04. The van der Waals surface area contributed by atoms with E-state index in [2.05, 4.69) is 10.9 Å². The molecule has 3 heterocycles. The molecule has 3 aliphatic heterocycles. The van der Waals surface area contributed by atoms with Gasteiger partial charge in [-0.2, -0.15) is 0 Å². The van der Waals surface area contributed by atoms with E-state index >= 15 is 0 Å². The molecule has 2 amide bonds. The van der Waals surface area contributed by atoms with E-state index in [1.54, 1.807) is 4.90 Å². The fourth-order valence-corrected chi connectivity index (χ4v) is 5.41. The number of piperidine rings is 1. The number of anilines is 1. The van der Waals surface area contributed by atoms with Crippen LogP contribution >= 0.6 is 0 Å². The number of hydrogen-bond acceptors (Lipinski definition) is 4. The molecule has 156 valence electrons. The summed E-state index contributed by atoms with van der Waals surface area (Å²) in [6.45, 7) is 2.37. The minimum Gasteiger partial charge on any atom is -0.342 e. The van der Waals surface area contributed by atoms with E-state index in [-0.39, 0.29) is 18.2 Å². The van der Waals surface area contributed by atoms with Crippen LogP contribution in [-0.4, -0.2) is 49.4 Å². The van der Waals surface area contributed by atoms with Crippen molar-refractivity contribution in [3.05, 3.63) is 65.7 Å². The highest BCUT2D eigenvalue weighted by molar-refractivity contribution is 6.10. The molecule has 0 saturated carbocycles. The first-order chi connectivity index (χ1) is 14.6. The molecule has 3 aliphatic rings. The summed E-state index contributed by atoms with van der Waals surface area (Å²) >= 11 is 0. The van der Waals surface area contributed by atoms with Crippen LogP contribution in [0.5, 0.6) is 0 Å². The Bertz CT molecular complexity index is 963. The number of carbonyl (C=O) groups excluding carboxylic acids is 2. The fraction of sp³-hybridized carbons (Fsp3) is 0.417. The summed E-state index contributed by atoms with van der Waals surface area (Å²) in [5.41, 5.74) is 8.62. The summed E-state index contributed by atoms with van der Waals surface area (Å²) in [5.74, 6) is 0.525. The van der Waals surface area contributed by atoms with Gasteiger partial charge in [0.1, 0.15) is 0 Å². The standard InChI is InChI=1S/C24H28N4O2/c1-27-21-10-6-5-9-19(21)24(23(27)30,13-17-7-3-2-4-8-17)14-22(29)28-12-11-20-18(16-28)15-25-26-20/h2-10,18,20,25-26H,11-16H2,1H3. The minimum atomic E-state index is -0.854. The van der Waals surface area contributed by atoms with E-state index < -0.39 is 5.41 Å². The Morgan fingerprint density at radius 3 is 2.73 bits per heavy atom. The van der Waals surface area contributed by atoms with Gasteiger partial charge in [0.05, 0.1) is 5.41 Å². The van der Waals surface area contributed by atoms with Crippen molar-refractivity contribution in [1.29, 1.82) is 0 Å². The lowest BCUT2D eigenvalue weighted by Gasteiger charge is -2.37. The number of likely N-dealkylation sites (tertiary alicyclic amines) is 1. The van der Waals surface area contributed by atoms with Crippen molar-refractivity contribution in [2.24, 2.45) is 5.92 Å². The first-order valence-electron chi connectivity index (χ1n) is 10.8. The van der Waals surface area contributed by atoms with Gasteiger partial charge in [-0.15, -0.1) is 0 Å². The molecule has 3 atom stereocenters. The van der Waals surface area contributed by atoms with Crippen LogP contribution in [0.1, 0.15) is 24.0 Å². The maximum Gasteiger partial charge on any atom is 0.238 e. The minimum absolute atomic E-state index is 0.0139. The zero-order valence-electron chi connectivity index (χ0n) is 17.3. The summed E-state index contributed by atoms with van der Waals surface area (Å²) in [6.07, 6.45) is 1.68. The predicted molar refractivity (Wildman–Crippen MR) is 116 cm³/mol. The molecule has 6 heteroatoms. The molecular weight excluding hydrogens is 376 g/mol. The van der Waals surface area contributed by atoms with E-state index in [9.17, 15) is 9.59 Å². The summed E-state index contributed by atoms with van der Waals surface area (Å²) < 4.78 is 0. The highest BCUT2D eigenvalue weighted by atomic mass is 16.2. The number of benzene rings is 2. The third kappa shape index (κ3) is 3.11. The largest absolute Gasteiger partial charge is 0.342 e. The molecule has 0 spiro atoms. The second kappa shape index (κ2) is 7.52. The molecule has 30 heavy (non-hydrogen) atoms. The number of para-hydroxylation sites is 1. The van der Waals surface area contributed by atoms with Gasteiger partial charge in [0.2, 0.25) is 11.8 Å². The second-order valence-electron chi connectivity index (χ2n) is 8.82. The molecule has 0 aromatic heterocycles. The summed E-state index contributed by atoms with van der Waals surface area (Å²) in [4.78, 5) is 30.8. The molecule has 3 unspecified atom stereocenters. The predicted octanol–water partition coefficient (Wildman–Crippen LogP) is 1.86. The number of rotatable bonds is 4. The highest BCUT2D eigenvalue weighted by Gasteiger charge is 2.51. The van der Waals surface area contributed by atoms with E-state index in [4.69, 9.17) is 0 Å². The smallest absolute Gasteiger partial charge is 0.238 e. The van der Waals surface area contributed by atoms with Gasteiger partial charge < -0.3 is 9.80 Å². The Morgan fingerprint density at radius 2 is 1.90 bits per heavy atom. The lowest BCUT2D eigenvalue weighted by atomic mass is 9.73. The Morgan fingerprint density at radius 1 is 1.13 bits per heavy atom. The number of nitrogens with zero attached hydrogens (tertiary/aromatic N) is 2. The van der Waals surface area contributed by atoms with Gasteiger partial charge in [-0.05, 0) is 30.0 Å². The number of nitrogens with one attached hydrogen (secondary N) is 2. The number of fused-ring (bicyclic) bond motifs is 2. The van der Waals surface area contributed by atoms with Crippen LogP contribution in [0.2, 0.25) is 0 Å². The number of carbonyl (C=O) groups is 2. The van der Waals surface area contributed by atoms with Gasteiger partial charge >= 0.3 is 0 Å². The maximum absolute atomic E-state index is 13.6. The number of amides is 2. The van der Waals surface area contributed by atoms with Crippen molar-refractivity contribution in [2.75, 3.05) is 31.6 Å². The summed E-state index contributed by atoms with van der Waals surface area (Å²) in [7, 11) is 1.82. The molecule has 2 aromatic carbocycles. The molecule has 6 nitrogen and oxygen atoms in total. The average Bonchev–Trinajstić information content (AvgIpc) is 3.32. The molecule has 0 aliphatic carbocycles. The van der Waals surface area contributed by atoms with Crippen molar-refractivity contribution in [2.45, 2.75) is 30.7 Å². The lowest BCUT2D eigenvalue weighted by molar-refractivity contribution is -0.137. The number of hydrogen-bond donors (Lipinski definition) is 2. The van der Waals surface area contributed by atoms with Gasteiger partial charge in [0, 0.05) is 50.7 Å². The van der Waals surface area contributed by atoms with Crippen LogP contribution in [0.4, 0.5) is 5.69 Å². The molecule has 2 saturated heterocycles. The Kier molecular flexibility index (Phi) is 4.83. The van der Waals surface area contributed by atoms with Gasteiger partial charge in [-0.25, -0.2) is 0 Å².